The number of nitrogens with zero attached hydrogens (tertiary/aromatic N) is 2. The van der Waals surface area contributed by atoms with Gasteiger partial charge < -0.3 is 5.32 Å². The van der Waals surface area contributed by atoms with Crippen LogP contribution in [0.1, 0.15) is 26.5 Å². The number of anilines is 1. The number of aromatic nitrogens is 1. The van der Waals surface area contributed by atoms with Gasteiger partial charge in [0.25, 0.3) is 5.91 Å². The van der Waals surface area contributed by atoms with Crippen molar-refractivity contribution in [2.75, 3.05) is 5.32 Å². The highest BCUT2D eigenvalue weighted by Gasteiger charge is 2.32. The summed E-state index contributed by atoms with van der Waals surface area (Å²) in [6.45, 7) is 1.56. The molecular weight excluding hydrogens is 374 g/mol. The Morgan fingerprint density at radius 2 is 1.91 bits per heavy atom. The van der Waals surface area contributed by atoms with E-state index in [4.69, 9.17) is 28.5 Å². The van der Waals surface area contributed by atoms with Gasteiger partial charge in [-0.25, -0.2) is 0 Å². The van der Waals surface area contributed by atoms with E-state index in [9.17, 15) is 18.0 Å². The third-order valence-corrected chi connectivity index (χ3v) is 4.32. The molecule has 1 heterocycles. The third-order valence-electron chi connectivity index (χ3n) is 2.79. The summed E-state index contributed by atoms with van der Waals surface area (Å²) < 4.78 is 41.9. The smallest absolute Gasteiger partial charge is 0.319 e. The fourth-order valence-electron chi connectivity index (χ4n) is 1.68. The fraction of sp³-hybridized carbons (Fsp3) is 0.154. The topological polar surface area (TPSA) is 65.8 Å². The van der Waals surface area contributed by atoms with Gasteiger partial charge in [-0.1, -0.05) is 23.2 Å². The van der Waals surface area contributed by atoms with E-state index in [0.717, 1.165) is 11.5 Å². The Morgan fingerprint density at radius 1 is 1.35 bits per heavy atom. The number of nitriles is 1. The molecule has 1 N–H and O–H groups in total. The van der Waals surface area contributed by atoms with Gasteiger partial charge >= 0.3 is 6.18 Å². The SMILES string of the molecule is Cc1nsc(C(=O)Nc2c(Cl)cc(C(F)(F)F)cc2Cl)c1C#N. The lowest BCUT2D eigenvalue weighted by atomic mass is 10.2. The van der Waals surface area contributed by atoms with Crippen molar-refractivity contribution in [2.24, 2.45) is 0 Å². The van der Waals surface area contributed by atoms with Crippen molar-refractivity contribution < 1.29 is 18.0 Å². The van der Waals surface area contributed by atoms with Crippen LogP contribution in [0.15, 0.2) is 12.1 Å². The summed E-state index contributed by atoms with van der Waals surface area (Å²) in [5.41, 5.74) is -0.725. The predicted molar refractivity (Wildman–Crippen MR) is 81.0 cm³/mol. The van der Waals surface area contributed by atoms with E-state index >= 15 is 0 Å². The summed E-state index contributed by atoms with van der Waals surface area (Å²) in [7, 11) is 0. The average Bonchev–Trinajstić information content (AvgIpc) is 2.82. The Labute approximate surface area is 142 Å². The molecule has 10 heteroatoms. The molecule has 1 aromatic carbocycles. The third kappa shape index (κ3) is 3.58. The van der Waals surface area contributed by atoms with Crippen LogP contribution >= 0.6 is 34.7 Å². The van der Waals surface area contributed by atoms with Crippen molar-refractivity contribution >= 4 is 46.3 Å². The molecule has 2 aromatic rings. The molecule has 0 spiro atoms. The van der Waals surface area contributed by atoms with Crippen LogP contribution in [0, 0.1) is 18.3 Å². The highest BCUT2D eigenvalue weighted by atomic mass is 35.5. The Morgan fingerprint density at radius 3 is 2.39 bits per heavy atom. The summed E-state index contributed by atoms with van der Waals surface area (Å²) in [6, 6.07) is 3.16. The summed E-state index contributed by atoms with van der Waals surface area (Å²) >= 11 is 12.3. The normalized spacial score (nSPS) is 11.2. The molecule has 4 nitrogen and oxygen atoms in total. The first-order chi connectivity index (χ1) is 10.6. The van der Waals surface area contributed by atoms with Crippen LogP contribution in [-0.2, 0) is 6.18 Å². The molecule has 2 rings (SSSR count). The number of carbonyl (C=O) groups excluding carboxylic acids is 1. The number of halogens is 5. The van der Waals surface area contributed by atoms with Gasteiger partial charge in [-0.15, -0.1) is 0 Å². The van der Waals surface area contributed by atoms with Crippen molar-refractivity contribution in [2.45, 2.75) is 13.1 Å². The minimum Gasteiger partial charge on any atom is -0.319 e. The Bertz CT molecular complexity index is 804. The van der Waals surface area contributed by atoms with Crippen LogP contribution in [0.5, 0.6) is 0 Å². The molecule has 0 fully saturated rings. The molecule has 1 aromatic heterocycles. The predicted octanol–water partition coefficient (Wildman–Crippen LogP) is 4.90. The lowest BCUT2D eigenvalue weighted by molar-refractivity contribution is -0.137. The van der Waals surface area contributed by atoms with Crippen LogP contribution in [0.4, 0.5) is 18.9 Å². The molecule has 0 unspecified atom stereocenters. The summed E-state index contributed by atoms with van der Waals surface area (Å²) in [6.07, 6.45) is -4.61. The minimum absolute atomic E-state index is 0.0250. The van der Waals surface area contributed by atoms with E-state index in [-0.39, 0.29) is 26.2 Å². The molecule has 0 bridgehead atoms. The zero-order chi connectivity index (χ0) is 17.4. The summed E-state index contributed by atoms with van der Waals surface area (Å²) in [5, 5.41) is 10.6. The first-order valence-electron chi connectivity index (χ1n) is 5.89. The van der Waals surface area contributed by atoms with E-state index in [2.05, 4.69) is 9.69 Å². The van der Waals surface area contributed by atoms with Crippen LogP contribution < -0.4 is 5.32 Å². The van der Waals surface area contributed by atoms with Gasteiger partial charge in [-0.3, -0.25) is 4.79 Å². The van der Waals surface area contributed by atoms with Crippen molar-refractivity contribution in [3.05, 3.63) is 43.9 Å². The first-order valence-corrected chi connectivity index (χ1v) is 7.42. The largest absolute Gasteiger partial charge is 0.416 e. The number of alkyl halides is 3. The van der Waals surface area contributed by atoms with E-state index in [1.165, 1.54) is 0 Å². The Balaban J connectivity index is 2.37. The average molecular weight is 380 g/mol. The van der Waals surface area contributed by atoms with Crippen molar-refractivity contribution in [1.82, 2.24) is 4.37 Å². The van der Waals surface area contributed by atoms with Gasteiger partial charge in [0.1, 0.15) is 10.9 Å². The number of hydrogen-bond acceptors (Lipinski definition) is 4. The maximum absolute atomic E-state index is 12.7. The minimum atomic E-state index is -4.61. The molecule has 0 saturated carbocycles. The standard InChI is InChI=1S/C13H6Cl2F3N3OS/c1-5-7(4-19)11(23-21-5)12(22)20-10-8(14)2-6(3-9(10)15)13(16,17)18/h2-3H,1H3,(H,20,22). The molecule has 1 amide bonds. The van der Waals surface area contributed by atoms with Crippen molar-refractivity contribution in [3.63, 3.8) is 0 Å². The van der Waals surface area contributed by atoms with Gasteiger partial charge in [-0.2, -0.15) is 22.8 Å². The van der Waals surface area contributed by atoms with Crippen LogP contribution in [0.3, 0.4) is 0 Å². The lowest BCUT2D eigenvalue weighted by Crippen LogP contribution is -2.13. The second-order valence-corrected chi connectivity index (χ2v) is 5.94. The second-order valence-electron chi connectivity index (χ2n) is 4.35. The molecule has 0 aliphatic rings. The van der Waals surface area contributed by atoms with Gasteiger partial charge in [0.05, 0.1) is 32.6 Å². The van der Waals surface area contributed by atoms with E-state index in [1.54, 1.807) is 6.92 Å². The van der Waals surface area contributed by atoms with Gasteiger partial charge in [-0.05, 0) is 30.6 Å². The van der Waals surface area contributed by atoms with Crippen LogP contribution in [0.2, 0.25) is 10.0 Å². The lowest BCUT2D eigenvalue weighted by Gasteiger charge is -2.12. The number of amides is 1. The molecule has 0 radical (unpaired) electrons. The quantitative estimate of drug-likeness (QED) is 0.806. The monoisotopic (exact) mass is 379 g/mol. The van der Waals surface area contributed by atoms with E-state index in [0.29, 0.717) is 17.8 Å². The van der Waals surface area contributed by atoms with Gasteiger partial charge in [0.15, 0.2) is 0 Å². The number of rotatable bonds is 2. The summed E-state index contributed by atoms with van der Waals surface area (Å²) in [4.78, 5) is 12.2. The second kappa shape index (κ2) is 6.35. The van der Waals surface area contributed by atoms with Gasteiger partial charge in [0.2, 0.25) is 0 Å². The number of carbonyl (C=O) groups is 1. The van der Waals surface area contributed by atoms with E-state index < -0.39 is 17.6 Å². The Kier molecular flexibility index (Phi) is 4.84. The maximum atomic E-state index is 12.7. The first kappa shape index (κ1) is 17.5. The van der Waals surface area contributed by atoms with Crippen molar-refractivity contribution in [1.29, 1.82) is 5.26 Å². The molecule has 0 atom stereocenters. The summed E-state index contributed by atoms with van der Waals surface area (Å²) in [5.74, 6) is -0.726. The molecule has 0 aliphatic carbocycles. The highest BCUT2D eigenvalue weighted by Crippen LogP contribution is 2.38. The van der Waals surface area contributed by atoms with E-state index in [1.807, 2.05) is 6.07 Å². The van der Waals surface area contributed by atoms with Crippen LogP contribution in [0.25, 0.3) is 0 Å². The molecule has 0 saturated heterocycles. The molecular formula is C13H6Cl2F3N3OS. The highest BCUT2D eigenvalue weighted by molar-refractivity contribution is 7.08. The number of benzene rings is 1. The number of hydrogen-bond donors (Lipinski definition) is 1. The zero-order valence-corrected chi connectivity index (χ0v) is 13.6. The molecule has 23 heavy (non-hydrogen) atoms. The molecule has 0 aliphatic heterocycles. The van der Waals surface area contributed by atoms with Gasteiger partial charge in [0, 0.05) is 0 Å². The number of nitrogens with one attached hydrogen (secondary N) is 1. The van der Waals surface area contributed by atoms with Crippen molar-refractivity contribution in [3.8, 4) is 6.07 Å². The zero-order valence-electron chi connectivity index (χ0n) is 11.3. The Hall–Kier alpha value is -1.82. The molecule has 120 valence electrons. The number of aryl methyl sites for hydroxylation is 1. The fourth-order valence-corrected chi connectivity index (χ4v) is 3.00. The van der Waals surface area contributed by atoms with Crippen LogP contribution in [-0.4, -0.2) is 10.3 Å². The maximum Gasteiger partial charge on any atom is 0.416 e.